The maximum absolute atomic E-state index is 2.55. The van der Waals surface area contributed by atoms with Gasteiger partial charge in [-0.2, -0.15) is 0 Å². The van der Waals surface area contributed by atoms with Gasteiger partial charge in [0.25, 0.3) is 0 Å². The normalized spacial score (nSPS) is 18.6. The topological polar surface area (TPSA) is 0 Å². The van der Waals surface area contributed by atoms with E-state index in [1.807, 2.05) is 0 Å². The molecule has 37 heavy (non-hydrogen) atoms. The summed E-state index contributed by atoms with van der Waals surface area (Å²) in [6, 6.07) is 28.4. The van der Waals surface area contributed by atoms with Crippen LogP contribution in [0.1, 0.15) is 86.3 Å². The summed E-state index contributed by atoms with van der Waals surface area (Å²) in [6.45, 7) is 11.0. The maximum atomic E-state index is 2.55. The molecule has 0 unspecified atom stereocenters. The summed E-state index contributed by atoms with van der Waals surface area (Å²) in [6.07, 6.45) is 3.83. The summed E-state index contributed by atoms with van der Waals surface area (Å²) in [5.41, 5.74) is 8.54. The van der Waals surface area contributed by atoms with Crippen molar-refractivity contribution >= 4 is 47.0 Å². The third kappa shape index (κ3) is 6.45. The molecule has 0 N–H and O–H groups in total. The molecule has 2 aliphatic heterocycles. The predicted molar refractivity (Wildman–Crippen MR) is 175 cm³/mol. The highest BCUT2D eigenvalue weighted by atomic mass is 32.2. The molecule has 0 radical (unpaired) electrons. The van der Waals surface area contributed by atoms with Crippen molar-refractivity contribution in [3.05, 3.63) is 106 Å². The van der Waals surface area contributed by atoms with Gasteiger partial charge >= 0.3 is 0 Å². The van der Waals surface area contributed by atoms with Crippen LogP contribution in [0.5, 0.6) is 0 Å². The number of rotatable bonds is 5. The molecule has 4 heteroatoms. The largest absolute Gasteiger partial charge is 0.135 e. The third-order valence-electron chi connectivity index (χ3n) is 6.81. The lowest BCUT2D eigenvalue weighted by atomic mass is 9.95. The third-order valence-corrected chi connectivity index (χ3v) is 13.7. The monoisotopic (exact) mass is 566 g/mol. The van der Waals surface area contributed by atoms with Gasteiger partial charge in [-0.3, -0.25) is 0 Å². The summed E-state index contributed by atoms with van der Waals surface area (Å²) in [5.74, 6) is 5.44. The van der Waals surface area contributed by atoms with Crippen LogP contribution in [0.25, 0.3) is 0 Å². The second kappa shape index (κ2) is 13.4. The summed E-state index contributed by atoms with van der Waals surface area (Å²) >= 11 is 8.52. The lowest BCUT2D eigenvalue weighted by molar-refractivity contribution is 0.864. The van der Waals surface area contributed by atoms with Crippen molar-refractivity contribution in [3.8, 4) is 0 Å². The first-order valence-electron chi connectivity index (χ1n) is 13.8. The van der Waals surface area contributed by atoms with Crippen molar-refractivity contribution in [1.29, 1.82) is 0 Å². The van der Waals surface area contributed by atoms with Crippen LogP contribution in [0.3, 0.4) is 0 Å². The zero-order valence-electron chi connectivity index (χ0n) is 23.1. The van der Waals surface area contributed by atoms with Gasteiger partial charge in [-0.15, -0.1) is 47.0 Å². The highest BCUT2D eigenvalue weighted by Crippen LogP contribution is 2.58. The molecule has 2 saturated heterocycles. The van der Waals surface area contributed by atoms with Crippen LogP contribution in [0.15, 0.2) is 72.8 Å². The highest BCUT2D eigenvalue weighted by Gasteiger charge is 2.41. The van der Waals surface area contributed by atoms with E-state index in [1.165, 1.54) is 75.7 Å². The van der Waals surface area contributed by atoms with Crippen molar-refractivity contribution < 1.29 is 0 Å². The SMILES string of the molecule is CCC.Cc1ccc(C2(c3cccc(C4(c5ccc(C(C)C)cc5)SCCCS4)c3)SCCCS2)cc1. The van der Waals surface area contributed by atoms with Crippen LogP contribution in [0.4, 0.5) is 0 Å². The van der Waals surface area contributed by atoms with Crippen molar-refractivity contribution in [3.63, 3.8) is 0 Å². The van der Waals surface area contributed by atoms with Crippen LogP contribution in [-0.4, -0.2) is 23.0 Å². The van der Waals surface area contributed by atoms with E-state index in [-0.39, 0.29) is 8.16 Å². The first kappa shape index (κ1) is 29.1. The minimum Gasteiger partial charge on any atom is -0.135 e. The minimum atomic E-state index is -0.0256. The Balaban J connectivity index is 0.00000102. The van der Waals surface area contributed by atoms with Crippen LogP contribution in [0.2, 0.25) is 0 Å². The van der Waals surface area contributed by atoms with Crippen LogP contribution in [0, 0.1) is 6.92 Å². The molecule has 0 amide bonds. The Morgan fingerprint density at radius 2 is 1.03 bits per heavy atom. The molecule has 0 atom stereocenters. The molecule has 2 heterocycles. The predicted octanol–water partition coefficient (Wildman–Crippen LogP) is 10.7. The van der Waals surface area contributed by atoms with Crippen molar-refractivity contribution in [2.75, 3.05) is 23.0 Å². The smallest absolute Gasteiger partial charge is 0.111 e. The summed E-state index contributed by atoms with van der Waals surface area (Å²) in [5, 5.41) is 0. The Morgan fingerprint density at radius 3 is 1.43 bits per heavy atom. The lowest BCUT2D eigenvalue weighted by Crippen LogP contribution is -2.27. The Kier molecular flexibility index (Phi) is 10.5. The number of hydrogen-bond acceptors (Lipinski definition) is 4. The maximum Gasteiger partial charge on any atom is 0.111 e. The fourth-order valence-corrected chi connectivity index (χ4v) is 11.6. The van der Waals surface area contributed by atoms with Crippen LogP contribution >= 0.6 is 47.0 Å². The molecule has 0 bridgehead atoms. The van der Waals surface area contributed by atoms with Gasteiger partial charge in [0.15, 0.2) is 0 Å². The van der Waals surface area contributed by atoms with Crippen LogP contribution in [-0.2, 0) is 8.16 Å². The zero-order chi connectivity index (χ0) is 26.3. The Labute approximate surface area is 243 Å². The Morgan fingerprint density at radius 1 is 0.622 bits per heavy atom. The first-order valence-corrected chi connectivity index (χ1v) is 17.7. The Bertz CT molecular complexity index is 1110. The first-order chi connectivity index (χ1) is 17.9. The minimum absolute atomic E-state index is 0.0192. The number of thioether (sulfide) groups is 4. The summed E-state index contributed by atoms with van der Waals surface area (Å²) in [7, 11) is 0. The fraction of sp³-hybridized carbons (Fsp3) is 0.455. The van der Waals surface area contributed by atoms with Gasteiger partial charge in [0.2, 0.25) is 0 Å². The molecular formula is C33H42S4. The van der Waals surface area contributed by atoms with Crippen LogP contribution < -0.4 is 0 Å². The number of aryl methyl sites for hydroxylation is 1. The van der Waals surface area contributed by atoms with Crippen molar-refractivity contribution in [1.82, 2.24) is 0 Å². The highest BCUT2D eigenvalue weighted by molar-refractivity contribution is 8.18. The van der Waals surface area contributed by atoms with Gasteiger partial charge in [0.1, 0.15) is 8.16 Å². The van der Waals surface area contributed by atoms with Gasteiger partial charge in [-0.05, 0) is 76.5 Å². The standard InChI is InChI=1S/C30H34S4.C3H8/c1-22(2)24-11-15-26(16-12-24)30(33-19-6-20-34-30)28-8-4-7-27(21-28)29(31-17-5-18-32-29)25-13-9-23(3)10-14-25;1-3-2/h4,7-16,21-22H,5-6,17-20H2,1-3H3;3H2,1-2H3. The number of benzene rings is 3. The van der Waals surface area contributed by atoms with E-state index in [0.29, 0.717) is 5.92 Å². The molecule has 0 saturated carbocycles. The molecule has 0 spiro atoms. The molecule has 2 aliphatic rings. The van der Waals surface area contributed by atoms with Gasteiger partial charge in [-0.1, -0.05) is 112 Å². The summed E-state index contributed by atoms with van der Waals surface area (Å²) in [4.78, 5) is 0. The van der Waals surface area contributed by atoms with E-state index in [2.05, 4.69) is 154 Å². The molecule has 0 aromatic heterocycles. The molecule has 3 aromatic carbocycles. The van der Waals surface area contributed by atoms with Gasteiger partial charge < -0.3 is 0 Å². The second-order valence-corrected chi connectivity index (χ2v) is 16.0. The van der Waals surface area contributed by atoms with Gasteiger partial charge in [0.05, 0.1) is 0 Å². The average Bonchev–Trinajstić information content (AvgIpc) is 2.95. The van der Waals surface area contributed by atoms with E-state index in [0.717, 1.165) is 0 Å². The average molecular weight is 567 g/mol. The molecule has 0 aliphatic carbocycles. The molecular weight excluding hydrogens is 525 g/mol. The second-order valence-electron chi connectivity index (χ2n) is 10.3. The molecule has 3 aromatic rings. The lowest BCUT2D eigenvalue weighted by Gasteiger charge is -2.40. The van der Waals surface area contributed by atoms with E-state index in [1.54, 1.807) is 0 Å². The summed E-state index contributed by atoms with van der Waals surface area (Å²) < 4.78 is -0.0448. The van der Waals surface area contributed by atoms with E-state index < -0.39 is 0 Å². The van der Waals surface area contributed by atoms with E-state index in [9.17, 15) is 0 Å². The Hall–Kier alpha value is -0.940. The molecule has 0 nitrogen and oxygen atoms in total. The van der Waals surface area contributed by atoms with Crippen molar-refractivity contribution in [2.45, 2.75) is 68.0 Å². The van der Waals surface area contributed by atoms with Crippen molar-refractivity contribution in [2.24, 2.45) is 0 Å². The van der Waals surface area contributed by atoms with Gasteiger partial charge in [0, 0.05) is 0 Å². The number of hydrogen-bond donors (Lipinski definition) is 0. The van der Waals surface area contributed by atoms with E-state index in [4.69, 9.17) is 0 Å². The molecule has 2 fully saturated rings. The van der Waals surface area contributed by atoms with E-state index >= 15 is 0 Å². The quantitative estimate of drug-likeness (QED) is 0.301. The molecule has 198 valence electrons. The zero-order valence-corrected chi connectivity index (χ0v) is 26.4. The van der Waals surface area contributed by atoms with Gasteiger partial charge in [-0.25, -0.2) is 0 Å². The molecule has 5 rings (SSSR count). The fourth-order valence-electron chi connectivity index (χ4n) is 4.85.